The molecule has 6 rings (SSSR count). The number of carbonyl (C=O) groups is 1. The summed E-state index contributed by atoms with van der Waals surface area (Å²) in [4.78, 5) is 22.4. The number of pyridine rings is 2. The van der Waals surface area contributed by atoms with Gasteiger partial charge in [0.25, 0.3) is 5.91 Å². The number of rotatable bonds is 7. The van der Waals surface area contributed by atoms with E-state index in [1.807, 2.05) is 55.7 Å². The van der Waals surface area contributed by atoms with E-state index in [2.05, 4.69) is 38.8 Å². The number of nitrogens with zero attached hydrogens (tertiary/aromatic N) is 2. The number of fused-ring (bicyclic) bond motifs is 1. The van der Waals surface area contributed by atoms with E-state index in [9.17, 15) is 4.79 Å². The molecule has 6 heteroatoms. The van der Waals surface area contributed by atoms with Crippen LogP contribution in [0.25, 0.3) is 22.0 Å². The number of ether oxygens (including phenoxy) is 1. The van der Waals surface area contributed by atoms with Gasteiger partial charge in [0, 0.05) is 41.1 Å². The van der Waals surface area contributed by atoms with Crippen LogP contribution in [0.4, 0.5) is 0 Å². The van der Waals surface area contributed by atoms with Crippen LogP contribution in [-0.2, 0) is 5.54 Å². The number of benzene rings is 2. The molecule has 1 unspecified atom stereocenters. The van der Waals surface area contributed by atoms with Gasteiger partial charge in [-0.1, -0.05) is 18.2 Å². The van der Waals surface area contributed by atoms with E-state index in [1.54, 1.807) is 6.20 Å². The Balaban J connectivity index is 1.32. The molecule has 2 aromatic heterocycles. The molecule has 2 aliphatic rings. The van der Waals surface area contributed by atoms with Crippen molar-refractivity contribution in [3.8, 4) is 16.9 Å². The van der Waals surface area contributed by atoms with Crippen molar-refractivity contribution < 1.29 is 9.53 Å². The zero-order valence-electron chi connectivity index (χ0n) is 19.8. The first-order valence-corrected chi connectivity index (χ1v) is 12.2. The fourth-order valence-electron chi connectivity index (χ4n) is 4.77. The largest absolute Gasteiger partial charge is 0.492 e. The molecule has 1 aliphatic carbocycles. The summed E-state index contributed by atoms with van der Waals surface area (Å²) in [5.41, 5.74) is 5.29. The van der Waals surface area contributed by atoms with Crippen molar-refractivity contribution in [1.82, 2.24) is 20.6 Å². The molecule has 2 fully saturated rings. The minimum absolute atomic E-state index is 0.0731. The minimum atomic E-state index is -0.407. The van der Waals surface area contributed by atoms with E-state index in [0.717, 1.165) is 64.7 Å². The maximum Gasteiger partial charge on any atom is 0.252 e. The van der Waals surface area contributed by atoms with Crippen molar-refractivity contribution in [2.75, 3.05) is 13.2 Å². The zero-order chi connectivity index (χ0) is 23.8. The number of nitrogens with one attached hydrogen (secondary N) is 2. The second kappa shape index (κ2) is 8.78. The van der Waals surface area contributed by atoms with Gasteiger partial charge in [0.05, 0.1) is 11.1 Å². The van der Waals surface area contributed by atoms with E-state index >= 15 is 0 Å². The molecule has 3 heterocycles. The number of hydrogen-bond donors (Lipinski definition) is 2. The summed E-state index contributed by atoms with van der Waals surface area (Å²) < 4.78 is 5.95. The fraction of sp³-hybridized carbons (Fsp3) is 0.276. The Hall–Kier alpha value is -3.77. The summed E-state index contributed by atoms with van der Waals surface area (Å²) in [5, 5.41) is 7.78. The van der Waals surface area contributed by atoms with Crippen molar-refractivity contribution >= 4 is 16.8 Å². The Labute approximate surface area is 204 Å². The smallest absolute Gasteiger partial charge is 0.252 e. The lowest BCUT2D eigenvalue weighted by atomic mass is 9.93. The molecule has 4 aromatic rings. The summed E-state index contributed by atoms with van der Waals surface area (Å²) in [6.45, 7) is 3.63. The summed E-state index contributed by atoms with van der Waals surface area (Å²) >= 11 is 0. The molecule has 1 amide bonds. The Bertz CT molecular complexity index is 1390. The molecule has 0 radical (unpaired) electrons. The Kier molecular flexibility index (Phi) is 5.46. The van der Waals surface area contributed by atoms with Crippen molar-refractivity contribution in [2.45, 2.75) is 37.8 Å². The van der Waals surface area contributed by atoms with Crippen LogP contribution in [0.5, 0.6) is 5.75 Å². The van der Waals surface area contributed by atoms with E-state index in [4.69, 9.17) is 4.74 Å². The number of amides is 1. The Morgan fingerprint density at radius 2 is 1.97 bits per heavy atom. The molecule has 2 N–H and O–H groups in total. The van der Waals surface area contributed by atoms with Crippen LogP contribution in [0.1, 0.15) is 40.7 Å². The quantitative estimate of drug-likeness (QED) is 0.412. The average Bonchev–Trinajstić information content (AvgIpc) is 3.64. The van der Waals surface area contributed by atoms with Crippen molar-refractivity contribution in [3.63, 3.8) is 0 Å². The highest BCUT2D eigenvalue weighted by Crippen LogP contribution is 2.49. The SMILES string of the molecule is Cc1ccc(OCC2CCN2)cc1C(=O)NC1(c2cc(-c3cccnc3)cc3ncccc23)CC1. The van der Waals surface area contributed by atoms with Gasteiger partial charge in [0.2, 0.25) is 0 Å². The summed E-state index contributed by atoms with van der Waals surface area (Å²) in [7, 11) is 0. The highest BCUT2D eigenvalue weighted by atomic mass is 16.5. The summed E-state index contributed by atoms with van der Waals surface area (Å²) in [6, 6.07) is 18.5. The van der Waals surface area contributed by atoms with E-state index < -0.39 is 5.54 Å². The van der Waals surface area contributed by atoms with Crippen LogP contribution in [-0.4, -0.2) is 35.1 Å². The first-order chi connectivity index (χ1) is 17.1. The lowest BCUT2D eigenvalue weighted by molar-refractivity contribution is 0.0930. The molecular formula is C29H28N4O2. The van der Waals surface area contributed by atoms with Crippen LogP contribution in [0.3, 0.4) is 0 Å². The minimum Gasteiger partial charge on any atom is -0.492 e. The summed E-state index contributed by atoms with van der Waals surface area (Å²) in [6.07, 6.45) is 8.35. The third-order valence-corrected chi connectivity index (χ3v) is 7.16. The number of aryl methyl sites for hydroxylation is 1. The van der Waals surface area contributed by atoms with Crippen molar-refractivity contribution in [3.05, 3.63) is 89.9 Å². The van der Waals surface area contributed by atoms with Crippen LogP contribution in [0.2, 0.25) is 0 Å². The molecule has 0 spiro atoms. The van der Waals surface area contributed by atoms with E-state index in [0.29, 0.717) is 18.2 Å². The topological polar surface area (TPSA) is 76.1 Å². The third kappa shape index (κ3) is 4.26. The first kappa shape index (κ1) is 21.7. The molecule has 1 aliphatic heterocycles. The van der Waals surface area contributed by atoms with Gasteiger partial charge in [-0.3, -0.25) is 14.8 Å². The molecule has 0 bridgehead atoms. The van der Waals surface area contributed by atoms with Gasteiger partial charge in [-0.25, -0.2) is 0 Å². The van der Waals surface area contributed by atoms with Gasteiger partial charge in [0.1, 0.15) is 12.4 Å². The van der Waals surface area contributed by atoms with Crippen LogP contribution in [0, 0.1) is 6.92 Å². The van der Waals surface area contributed by atoms with Gasteiger partial charge >= 0.3 is 0 Å². The first-order valence-electron chi connectivity index (χ1n) is 12.2. The normalized spacial score (nSPS) is 18.0. The molecule has 35 heavy (non-hydrogen) atoms. The van der Waals surface area contributed by atoms with Gasteiger partial charge < -0.3 is 15.4 Å². The lowest BCUT2D eigenvalue weighted by Crippen LogP contribution is -2.46. The maximum absolute atomic E-state index is 13.5. The predicted octanol–water partition coefficient (Wildman–Crippen LogP) is 4.77. The number of hydrogen-bond acceptors (Lipinski definition) is 5. The molecule has 2 aromatic carbocycles. The van der Waals surface area contributed by atoms with Crippen LogP contribution < -0.4 is 15.4 Å². The Morgan fingerprint density at radius 3 is 2.71 bits per heavy atom. The lowest BCUT2D eigenvalue weighted by Gasteiger charge is -2.27. The van der Waals surface area contributed by atoms with E-state index in [-0.39, 0.29) is 5.91 Å². The van der Waals surface area contributed by atoms with Crippen LogP contribution in [0.15, 0.2) is 73.2 Å². The van der Waals surface area contributed by atoms with Crippen molar-refractivity contribution in [1.29, 1.82) is 0 Å². The molecule has 6 nitrogen and oxygen atoms in total. The molecular weight excluding hydrogens is 436 g/mol. The molecule has 1 atom stereocenters. The number of carbonyl (C=O) groups excluding carboxylic acids is 1. The van der Waals surface area contributed by atoms with Gasteiger partial charge in [-0.15, -0.1) is 0 Å². The standard InChI is InChI=1S/C29H28N4O2/c1-19-6-7-23(35-18-22-8-13-31-22)16-25(19)28(34)33-29(9-10-29)26-14-21(20-4-2-11-30-17-20)15-27-24(26)5-3-12-32-27/h2-7,11-12,14-17,22,31H,8-10,13,18H2,1H3,(H,33,34). The predicted molar refractivity (Wildman–Crippen MR) is 136 cm³/mol. The van der Waals surface area contributed by atoms with Crippen LogP contribution >= 0.6 is 0 Å². The fourth-order valence-corrected chi connectivity index (χ4v) is 4.77. The zero-order valence-corrected chi connectivity index (χ0v) is 19.8. The van der Waals surface area contributed by atoms with Gasteiger partial charge in [-0.05, 0) is 85.8 Å². The highest BCUT2D eigenvalue weighted by Gasteiger charge is 2.47. The molecule has 1 saturated carbocycles. The average molecular weight is 465 g/mol. The van der Waals surface area contributed by atoms with Gasteiger partial charge in [0.15, 0.2) is 0 Å². The second-order valence-electron chi connectivity index (χ2n) is 9.60. The Morgan fingerprint density at radius 1 is 1.11 bits per heavy atom. The highest BCUT2D eigenvalue weighted by molar-refractivity contribution is 5.98. The molecule has 176 valence electrons. The summed E-state index contributed by atoms with van der Waals surface area (Å²) in [5.74, 6) is 0.656. The van der Waals surface area contributed by atoms with Gasteiger partial charge in [-0.2, -0.15) is 0 Å². The molecule has 1 saturated heterocycles. The monoisotopic (exact) mass is 464 g/mol. The van der Waals surface area contributed by atoms with Crippen molar-refractivity contribution in [2.24, 2.45) is 0 Å². The third-order valence-electron chi connectivity index (χ3n) is 7.16. The maximum atomic E-state index is 13.5. The van der Waals surface area contributed by atoms with E-state index in [1.165, 1.54) is 0 Å². The number of aromatic nitrogens is 2. The second-order valence-corrected chi connectivity index (χ2v) is 9.60.